The molecule has 0 saturated carbocycles. The molecule has 0 atom stereocenters. The third-order valence-electron chi connectivity index (χ3n) is 4.03. The minimum Gasteiger partial charge on any atom is -0.354 e. The lowest BCUT2D eigenvalue weighted by molar-refractivity contribution is -0.124. The molecule has 3 amide bonds. The van der Waals surface area contributed by atoms with Crippen molar-refractivity contribution < 1.29 is 14.4 Å². The number of carbonyl (C=O) groups is 3. The maximum Gasteiger partial charge on any atom is 0.293 e. The molecule has 2 heterocycles. The van der Waals surface area contributed by atoms with E-state index in [0.717, 1.165) is 28.0 Å². The summed E-state index contributed by atoms with van der Waals surface area (Å²) in [7, 11) is 0. The first kappa shape index (κ1) is 20.3. The van der Waals surface area contributed by atoms with E-state index >= 15 is 0 Å². The molecule has 0 radical (unpaired) electrons. The Balaban J connectivity index is 1.50. The Bertz CT molecular complexity index is 906. The van der Waals surface area contributed by atoms with Gasteiger partial charge in [-0.25, -0.2) is 4.98 Å². The number of imide groups is 1. The number of rotatable bonds is 7. The second-order valence-electron chi connectivity index (χ2n) is 6.60. The van der Waals surface area contributed by atoms with Crippen LogP contribution in [-0.4, -0.2) is 40.0 Å². The number of benzene rings is 1. The molecule has 1 fully saturated rings. The van der Waals surface area contributed by atoms with E-state index in [0.29, 0.717) is 10.8 Å². The Labute approximate surface area is 172 Å². The molecule has 8 heteroatoms. The average Bonchev–Trinajstić information content (AvgIpc) is 3.23. The van der Waals surface area contributed by atoms with Crippen molar-refractivity contribution in [2.24, 2.45) is 0 Å². The number of hydrogen-bond acceptors (Lipinski definition) is 6. The summed E-state index contributed by atoms with van der Waals surface area (Å²) in [6.45, 7) is 4.49. The predicted octanol–water partition coefficient (Wildman–Crippen LogP) is 3.66. The minimum absolute atomic E-state index is 0.150. The molecule has 0 aliphatic carbocycles. The van der Waals surface area contributed by atoms with Gasteiger partial charge in [-0.15, -0.1) is 11.3 Å². The van der Waals surface area contributed by atoms with Gasteiger partial charge in [-0.3, -0.25) is 19.3 Å². The minimum atomic E-state index is -0.325. The van der Waals surface area contributed by atoms with Crippen LogP contribution < -0.4 is 5.32 Å². The van der Waals surface area contributed by atoms with Crippen molar-refractivity contribution in [3.63, 3.8) is 0 Å². The van der Waals surface area contributed by atoms with Crippen LogP contribution in [0.3, 0.4) is 0 Å². The monoisotopic (exact) mass is 415 g/mol. The molecule has 1 saturated heterocycles. The smallest absolute Gasteiger partial charge is 0.293 e. The van der Waals surface area contributed by atoms with E-state index in [9.17, 15) is 14.4 Å². The Morgan fingerprint density at radius 3 is 2.68 bits per heavy atom. The van der Waals surface area contributed by atoms with Gasteiger partial charge in [-0.2, -0.15) is 0 Å². The fourth-order valence-electron chi connectivity index (χ4n) is 2.60. The maximum atomic E-state index is 12.4. The van der Waals surface area contributed by atoms with Crippen molar-refractivity contribution in [2.45, 2.75) is 26.2 Å². The Morgan fingerprint density at radius 2 is 2.00 bits per heavy atom. The normalized spacial score (nSPS) is 15.7. The number of thiazole rings is 1. The average molecular weight is 416 g/mol. The molecule has 28 heavy (non-hydrogen) atoms. The van der Waals surface area contributed by atoms with Crippen LogP contribution >= 0.6 is 23.1 Å². The van der Waals surface area contributed by atoms with Gasteiger partial charge in [0.1, 0.15) is 0 Å². The first-order valence-electron chi connectivity index (χ1n) is 8.95. The van der Waals surface area contributed by atoms with Gasteiger partial charge in [-0.1, -0.05) is 44.2 Å². The van der Waals surface area contributed by atoms with E-state index in [1.165, 1.54) is 4.90 Å². The zero-order valence-corrected chi connectivity index (χ0v) is 17.3. The van der Waals surface area contributed by atoms with Crippen molar-refractivity contribution in [1.29, 1.82) is 0 Å². The zero-order valence-electron chi connectivity index (χ0n) is 15.7. The molecular formula is C20H21N3O3S2. The lowest BCUT2D eigenvalue weighted by Crippen LogP contribution is -2.37. The molecule has 1 aromatic carbocycles. The molecule has 1 aliphatic rings. The predicted molar refractivity (Wildman–Crippen MR) is 112 cm³/mol. The van der Waals surface area contributed by atoms with Gasteiger partial charge in [0.15, 0.2) is 0 Å². The third kappa shape index (κ3) is 5.08. The second-order valence-corrected chi connectivity index (χ2v) is 8.49. The molecule has 146 valence electrons. The van der Waals surface area contributed by atoms with Crippen LogP contribution in [0.5, 0.6) is 0 Å². The van der Waals surface area contributed by atoms with Gasteiger partial charge >= 0.3 is 0 Å². The summed E-state index contributed by atoms with van der Waals surface area (Å²) in [5, 5.41) is 5.33. The van der Waals surface area contributed by atoms with Crippen LogP contribution in [0.1, 0.15) is 36.0 Å². The summed E-state index contributed by atoms with van der Waals surface area (Å²) in [5.41, 5.74) is 1.61. The van der Waals surface area contributed by atoms with E-state index in [1.54, 1.807) is 17.4 Å². The van der Waals surface area contributed by atoms with Gasteiger partial charge in [-0.05, 0) is 23.4 Å². The number of hydrogen-bond donors (Lipinski definition) is 1. The second kappa shape index (κ2) is 9.16. The van der Waals surface area contributed by atoms with Crippen LogP contribution in [0, 0.1) is 0 Å². The number of amides is 3. The quantitative estimate of drug-likeness (QED) is 0.698. The molecule has 1 N–H and O–H groups in total. The van der Waals surface area contributed by atoms with Crippen LogP contribution in [-0.2, 0) is 16.0 Å². The summed E-state index contributed by atoms with van der Waals surface area (Å²) >= 11 is 2.47. The number of nitrogens with zero attached hydrogens (tertiary/aromatic N) is 2. The van der Waals surface area contributed by atoms with Gasteiger partial charge < -0.3 is 5.32 Å². The highest BCUT2D eigenvalue weighted by molar-refractivity contribution is 8.18. The number of nitrogens with one attached hydrogen (secondary N) is 1. The largest absolute Gasteiger partial charge is 0.354 e. The highest BCUT2D eigenvalue weighted by Crippen LogP contribution is 2.31. The summed E-state index contributed by atoms with van der Waals surface area (Å²) in [6, 6.07) is 9.38. The Hall–Kier alpha value is -2.45. The fourth-order valence-corrected chi connectivity index (χ4v) is 4.30. The molecule has 3 rings (SSSR count). The SMILES string of the molecule is CC(C)c1nc(CC(=O)NCCN2C(=O)S/C(=C\c3ccccc3)C2=O)cs1. The third-order valence-corrected chi connectivity index (χ3v) is 6.14. The lowest BCUT2D eigenvalue weighted by atomic mass is 10.2. The highest BCUT2D eigenvalue weighted by Gasteiger charge is 2.34. The van der Waals surface area contributed by atoms with E-state index in [1.807, 2.05) is 35.7 Å². The molecule has 0 unspecified atom stereocenters. The summed E-state index contributed by atoms with van der Waals surface area (Å²) < 4.78 is 0. The van der Waals surface area contributed by atoms with E-state index in [-0.39, 0.29) is 36.6 Å². The van der Waals surface area contributed by atoms with Gasteiger partial charge in [0.25, 0.3) is 11.1 Å². The highest BCUT2D eigenvalue weighted by atomic mass is 32.2. The van der Waals surface area contributed by atoms with Gasteiger partial charge in [0.05, 0.1) is 22.0 Å². The van der Waals surface area contributed by atoms with Crippen molar-refractivity contribution in [2.75, 3.05) is 13.1 Å². The number of carbonyl (C=O) groups excluding carboxylic acids is 3. The van der Waals surface area contributed by atoms with Crippen LogP contribution in [0.2, 0.25) is 0 Å². The van der Waals surface area contributed by atoms with Crippen molar-refractivity contribution >= 4 is 46.2 Å². The summed E-state index contributed by atoms with van der Waals surface area (Å²) in [5.74, 6) is -0.161. The van der Waals surface area contributed by atoms with E-state index in [4.69, 9.17) is 0 Å². The van der Waals surface area contributed by atoms with Crippen LogP contribution in [0.25, 0.3) is 6.08 Å². The Morgan fingerprint density at radius 1 is 1.25 bits per heavy atom. The lowest BCUT2D eigenvalue weighted by Gasteiger charge is -2.12. The molecule has 6 nitrogen and oxygen atoms in total. The van der Waals surface area contributed by atoms with Crippen molar-refractivity contribution in [3.8, 4) is 0 Å². The fraction of sp³-hybridized carbons (Fsp3) is 0.300. The number of thioether (sulfide) groups is 1. The maximum absolute atomic E-state index is 12.4. The first-order chi connectivity index (χ1) is 13.4. The number of aromatic nitrogens is 1. The van der Waals surface area contributed by atoms with E-state index < -0.39 is 0 Å². The Kier molecular flexibility index (Phi) is 6.64. The molecule has 0 bridgehead atoms. The topological polar surface area (TPSA) is 79.4 Å². The molecule has 0 spiro atoms. The van der Waals surface area contributed by atoms with Crippen molar-refractivity contribution in [3.05, 3.63) is 56.9 Å². The van der Waals surface area contributed by atoms with Crippen LogP contribution in [0.15, 0.2) is 40.6 Å². The van der Waals surface area contributed by atoms with Crippen LogP contribution in [0.4, 0.5) is 4.79 Å². The standard InChI is InChI=1S/C20H21N3O3S2/c1-13(2)18-22-15(12-27-18)11-17(24)21-8-9-23-19(25)16(28-20(23)26)10-14-6-4-3-5-7-14/h3-7,10,12-13H,8-9,11H2,1-2H3,(H,21,24)/b16-10-. The van der Waals surface area contributed by atoms with Crippen molar-refractivity contribution in [1.82, 2.24) is 15.2 Å². The van der Waals surface area contributed by atoms with Gasteiger partial charge in [0, 0.05) is 24.4 Å². The van der Waals surface area contributed by atoms with Gasteiger partial charge in [0.2, 0.25) is 5.91 Å². The molecular weight excluding hydrogens is 394 g/mol. The first-order valence-corrected chi connectivity index (χ1v) is 10.6. The molecule has 1 aromatic heterocycles. The molecule has 1 aliphatic heterocycles. The van der Waals surface area contributed by atoms with E-state index in [2.05, 4.69) is 24.1 Å². The molecule has 2 aromatic rings. The summed E-state index contributed by atoms with van der Waals surface area (Å²) in [4.78, 5) is 42.7. The zero-order chi connectivity index (χ0) is 20.1. The summed E-state index contributed by atoms with van der Waals surface area (Å²) in [6.07, 6.45) is 1.90.